The smallest absolute Gasteiger partial charge is 0.189 e. The van der Waals surface area contributed by atoms with E-state index < -0.39 is 5.79 Å². The molecule has 0 spiro atoms. The molecule has 1 unspecified atom stereocenters. The second-order valence-electron chi connectivity index (χ2n) is 7.80. The molecule has 3 rings (SSSR count). The third kappa shape index (κ3) is 7.47. The SMILES string of the molecule is CC(C)(O)O.CCC(C=O)CCNc1nc(SC)nc(C)c1-c1nc2c(C)nccc2s1. The Morgan fingerprint density at radius 2 is 1.91 bits per heavy atom. The largest absolute Gasteiger partial charge is 0.369 e. The van der Waals surface area contributed by atoms with Crippen LogP contribution < -0.4 is 5.32 Å². The fourth-order valence-electron chi connectivity index (χ4n) is 2.86. The van der Waals surface area contributed by atoms with Crippen molar-refractivity contribution < 1.29 is 15.0 Å². The zero-order valence-corrected chi connectivity index (χ0v) is 21.0. The molecular formula is C22H31N5O3S2. The van der Waals surface area contributed by atoms with E-state index in [-0.39, 0.29) is 5.92 Å². The lowest BCUT2D eigenvalue weighted by molar-refractivity contribution is -0.127. The van der Waals surface area contributed by atoms with Crippen molar-refractivity contribution in [2.24, 2.45) is 5.92 Å². The summed E-state index contributed by atoms with van der Waals surface area (Å²) < 4.78 is 1.10. The van der Waals surface area contributed by atoms with E-state index in [1.54, 1.807) is 11.3 Å². The van der Waals surface area contributed by atoms with Gasteiger partial charge in [0.1, 0.15) is 22.6 Å². The predicted molar refractivity (Wildman–Crippen MR) is 131 cm³/mol. The highest BCUT2D eigenvalue weighted by Gasteiger charge is 2.18. The summed E-state index contributed by atoms with van der Waals surface area (Å²) in [4.78, 5) is 29.5. The number of aromatic nitrogens is 4. The number of aliphatic hydroxyl groups is 2. The fraction of sp³-hybridized carbons (Fsp3) is 0.500. The molecule has 3 heterocycles. The van der Waals surface area contributed by atoms with Gasteiger partial charge in [-0.3, -0.25) is 4.98 Å². The summed E-state index contributed by atoms with van der Waals surface area (Å²) in [5.74, 6) is -0.655. The van der Waals surface area contributed by atoms with Crippen LogP contribution in [-0.2, 0) is 4.79 Å². The topological polar surface area (TPSA) is 121 Å². The summed E-state index contributed by atoms with van der Waals surface area (Å²) in [6.45, 7) is 9.26. The van der Waals surface area contributed by atoms with E-state index in [9.17, 15) is 4.79 Å². The maximum Gasteiger partial charge on any atom is 0.189 e. The molecule has 3 aromatic rings. The Bertz CT molecular complexity index is 1040. The Morgan fingerprint density at radius 1 is 1.22 bits per heavy atom. The standard InChI is InChI=1S/C19H23N5OS2.C3H8O2/c1-5-13(10-25)6-8-21-17-15(11(2)22-19(24-17)26-4)18-23-16-12(3)20-9-7-14(16)27-18;1-3(2,4)5/h7,9-10,13H,5-6,8H2,1-4H3,(H,21,22,24);4-5H,1-2H3. The number of thioether (sulfide) groups is 1. The number of aldehydes is 1. The number of pyridine rings is 1. The number of nitrogens with zero attached hydrogens (tertiary/aromatic N) is 4. The van der Waals surface area contributed by atoms with Gasteiger partial charge in [-0.1, -0.05) is 18.7 Å². The van der Waals surface area contributed by atoms with Gasteiger partial charge in [-0.05, 0) is 52.9 Å². The summed E-state index contributed by atoms with van der Waals surface area (Å²) in [6, 6.07) is 1.99. The van der Waals surface area contributed by atoms with E-state index in [4.69, 9.17) is 15.2 Å². The van der Waals surface area contributed by atoms with Gasteiger partial charge in [0.15, 0.2) is 10.9 Å². The lowest BCUT2D eigenvalue weighted by atomic mass is 10.0. The molecule has 0 aromatic carbocycles. The highest BCUT2D eigenvalue weighted by molar-refractivity contribution is 7.98. The number of carbonyl (C=O) groups excluding carboxylic acids is 1. The maximum atomic E-state index is 11.1. The number of hydrogen-bond acceptors (Lipinski definition) is 10. The van der Waals surface area contributed by atoms with Crippen LogP contribution in [0.15, 0.2) is 17.4 Å². The van der Waals surface area contributed by atoms with Crippen LogP contribution in [-0.4, -0.2) is 55.0 Å². The highest BCUT2D eigenvalue weighted by atomic mass is 32.2. The van der Waals surface area contributed by atoms with Crippen molar-refractivity contribution in [3.63, 3.8) is 0 Å². The molecule has 3 aromatic heterocycles. The second-order valence-corrected chi connectivity index (χ2v) is 9.60. The Hall–Kier alpha value is -2.14. The first-order valence-electron chi connectivity index (χ1n) is 10.4. The maximum absolute atomic E-state index is 11.1. The van der Waals surface area contributed by atoms with Crippen LogP contribution in [0.5, 0.6) is 0 Å². The zero-order valence-electron chi connectivity index (χ0n) is 19.3. The normalized spacial score (nSPS) is 12.2. The number of hydrogen-bond donors (Lipinski definition) is 3. The molecule has 32 heavy (non-hydrogen) atoms. The van der Waals surface area contributed by atoms with Crippen LogP contribution in [0.25, 0.3) is 20.8 Å². The predicted octanol–water partition coefficient (Wildman–Crippen LogP) is 4.22. The van der Waals surface area contributed by atoms with E-state index in [0.717, 1.165) is 62.3 Å². The first kappa shape index (κ1) is 26.1. The molecule has 174 valence electrons. The van der Waals surface area contributed by atoms with Crippen molar-refractivity contribution in [2.75, 3.05) is 18.1 Å². The number of nitrogens with one attached hydrogen (secondary N) is 1. The molecule has 0 aliphatic heterocycles. The number of thiazole rings is 1. The quantitative estimate of drug-likeness (QED) is 0.189. The van der Waals surface area contributed by atoms with Crippen LogP contribution in [0.2, 0.25) is 0 Å². The Balaban J connectivity index is 0.000000654. The van der Waals surface area contributed by atoms with Gasteiger partial charge in [0.25, 0.3) is 0 Å². The van der Waals surface area contributed by atoms with Gasteiger partial charge >= 0.3 is 0 Å². The summed E-state index contributed by atoms with van der Waals surface area (Å²) >= 11 is 3.13. The van der Waals surface area contributed by atoms with Crippen molar-refractivity contribution in [3.8, 4) is 10.6 Å². The molecule has 0 fully saturated rings. The first-order chi connectivity index (χ1) is 15.1. The third-order valence-electron chi connectivity index (χ3n) is 4.48. The molecule has 0 saturated carbocycles. The van der Waals surface area contributed by atoms with Gasteiger partial charge in [-0.25, -0.2) is 15.0 Å². The number of fused-ring (bicyclic) bond motifs is 1. The van der Waals surface area contributed by atoms with Crippen LogP contribution in [0.4, 0.5) is 5.82 Å². The van der Waals surface area contributed by atoms with Crippen LogP contribution in [0, 0.1) is 19.8 Å². The summed E-state index contributed by atoms with van der Waals surface area (Å²) in [7, 11) is 0. The molecule has 0 bridgehead atoms. The van der Waals surface area contributed by atoms with Crippen molar-refractivity contribution in [1.82, 2.24) is 19.9 Å². The van der Waals surface area contributed by atoms with Crippen molar-refractivity contribution in [1.29, 1.82) is 0 Å². The minimum atomic E-state index is -1.50. The third-order valence-corrected chi connectivity index (χ3v) is 6.07. The molecule has 3 N–H and O–H groups in total. The van der Waals surface area contributed by atoms with E-state index in [1.807, 2.05) is 39.3 Å². The summed E-state index contributed by atoms with van der Waals surface area (Å²) in [5, 5.41) is 21.2. The monoisotopic (exact) mass is 477 g/mol. The van der Waals surface area contributed by atoms with Gasteiger partial charge < -0.3 is 20.3 Å². The van der Waals surface area contributed by atoms with Crippen LogP contribution in [0.3, 0.4) is 0 Å². The van der Waals surface area contributed by atoms with Gasteiger partial charge in [-0.15, -0.1) is 11.3 Å². The van der Waals surface area contributed by atoms with Crippen molar-refractivity contribution in [3.05, 3.63) is 23.7 Å². The fourth-order valence-corrected chi connectivity index (χ4v) is 4.38. The van der Waals surface area contributed by atoms with E-state index in [0.29, 0.717) is 6.54 Å². The molecule has 10 heteroatoms. The zero-order chi connectivity index (χ0) is 23.9. The molecule has 0 amide bonds. The molecule has 0 aliphatic carbocycles. The second kappa shape index (κ2) is 11.6. The van der Waals surface area contributed by atoms with E-state index in [2.05, 4.69) is 20.3 Å². The number of anilines is 1. The van der Waals surface area contributed by atoms with Gasteiger partial charge in [0.2, 0.25) is 0 Å². The average molecular weight is 478 g/mol. The van der Waals surface area contributed by atoms with Gasteiger partial charge in [-0.2, -0.15) is 0 Å². The molecule has 1 atom stereocenters. The molecule has 8 nitrogen and oxygen atoms in total. The number of carbonyl (C=O) groups is 1. The van der Waals surface area contributed by atoms with E-state index >= 15 is 0 Å². The first-order valence-corrected chi connectivity index (χ1v) is 12.4. The molecule has 0 saturated heterocycles. The van der Waals surface area contributed by atoms with Crippen molar-refractivity contribution >= 4 is 45.4 Å². The van der Waals surface area contributed by atoms with Gasteiger partial charge in [0, 0.05) is 18.7 Å². The number of aryl methyl sites for hydroxylation is 2. The van der Waals surface area contributed by atoms with Crippen molar-refractivity contribution in [2.45, 2.75) is 58.4 Å². The Labute approximate surface area is 196 Å². The highest BCUT2D eigenvalue weighted by Crippen LogP contribution is 2.36. The van der Waals surface area contributed by atoms with E-state index in [1.165, 1.54) is 25.6 Å². The molecular weight excluding hydrogens is 446 g/mol. The average Bonchev–Trinajstić information content (AvgIpc) is 3.14. The summed E-state index contributed by atoms with van der Waals surface area (Å²) in [5.41, 5.74) is 3.65. The van der Waals surface area contributed by atoms with Crippen LogP contribution in [0.1, 0.15) is 45.0 Å². The lowest BCUT2D eigenvalue weighted by Gasteiger charge is -2.14. The minimum Gasteiger partial charge on any atom is -0.369 e. The lowest BCUT2D eigenvalue weighted by Crippen LogP contribution is -2.15. The Kier molecular flexibility index (Phi) is 9.50. The molecule has 0 radical (unpaired) electrons. The van der Waals surface area contributed by atoms with Gasteiger partial charge in [0.05, 0.1) is 21.7 Å². The number of rotatable bonds is 8. The Morgan fingerprint density at radius 3 is 2.47 bits per heavy atom. The summed E-state index contributed by atoms with van der Waals surface area (Å²) in [6.07, 6.45) is 6.43. The van der Waals surface area contributed by atoms with Crippen LogP contribution >= 0.6 is 23.1 Å². The minimum absolute atomic E-state index is 0.0695. The molecule has 0 aliphatic rings.